The Hall–Kier alpha value is -3.47. The second kappa shape index (κ2) is 9.99. The van der Waals surface area contributed by atoms with Gasteiger partial charge in [0.25, 0.3) is 5.91 Å². The fourth-order valence-electron chi connectivity index (χ4n) is 4.62. The molecule has 0 bridgehead atoms. The molecule has 0 unspecified atom stereocenters. The van der Waals surface area contributed by atoms with Gasteiger partial charge in [-0.05, 0) is 61.9 Å². The van der Waals surface area contributed by atoms with Crippen LogP contribution in [0.15, 0.2) is 79.0 Å². The summed E-state index contributed by atoms with van der Waals surface area (Å²) in [7, 11) is 0. The molecule has 2 aromatic carbocycles. The van der Waals surface area contributed by atoms with Crippen LogP contribution in [0.25, 0.3) is 11.1 Å². The molecule has 1 aliphatic rings. The maximum atomic E-state index is 13.5. The number of carbonyl (C=O) groups is 2. The topological polar surface area (TPSA) is 62.3 Å². The van der Waals surface area contributed by atoms with Crippen molar-refractivity contribution >= 4 is 11.8 Å². The highest BCUT2D eigenvalue weighted by molar-refractivity contribution is 5.93. The third kappa shape index (κ3) is 5.30. The summed E-state index contributed by atoms with van der Waals surface area (Å²) in [6.07, 6.45) is 3.75. The van der Waals surface area contributed by atoms with Crippen molar-refractivity contribution in [2.24, 2.45) is 5.41 Å². The number of nitrogens with zero attached hydrogens (tertiary/aromatic N) is 2. The zero-order chi connectivity index (χ0) is 23.3. The molecule has 2 heterocycles. The van der Waals surface area contributed by atoms with E-state index in [-0.39, 0.29) is 17.9 Å². The van der Waals surface area contributed by atoms with Gasteiger partial charge in [0.15, 0.2) is 0 Å². The van der Waals surface area contributed by atoms with Crippen LogP contribution in [-0.2, 0) is 11.2 Å². The first-order valence-corrected chi connectivity index (χ1v) is 11.6. The van der Waals surface area contributed by atoms with Crippen molar-refractivity contribution in [2.45, 2.75) is 39.2 Å². The van der Waals surface area contributed by atoms with Gasteiger partial charge in [0, 0.05) is 25.3 Å². The van der Waals surface area contributed by atoms with Gasteiger partial charge >= 0.3 is 0 Å². The molecule has 1 aromatic heterocycles. The van der Waals surface area contributed by atoms with Crippen molar-refractivity contribution in [3.05, 3.63) is 90.3 Å². The first-order valence-electron chi connectivity index (χ1n) is 11.6. The standard InChI is InChI=1S/C28H31N3O2/c1-21(2)30-27(33)28(16-8-18-31(20-28)26(32)25-11-6-7-17-29-25)19-22-12-14-24(15-13-22)23-9-4-3-5-10-23/h3-7,9-15,17,21H,8,16,18-20H2,1-2H3,(H,30,33)/t28-/m1/s1. The third-order valence-corrected chi connectivity index (χ3v) is 6.25. The van der Waals surface area contributed by atoms with Gasteiger partial charge in [0.05, 0.1) is 5.41 Å². The lowest BCUT2D eigenvalue weighted by molar-refractivity contribution is -0.134. The molecule has 1 saturated heterocycles. The van der Waals surface area contributed by atoms with Crippen LogP contribution >= 0.6 is 0 Å². The number of benzene rings is 2. The highest BCUT2D eigenvalue weighted by Crippen LogP contribution is 2.35. The number of likely N-dealkylation sites (tertiary alicyclic amines) is 1. The number of amides is 2. The fourth-order valence-corrected chi connectivity index (χ4v) is 4.62. The summed E-state index contributed by atoms with van der Waals surface area (Å²) < 4.78 is 0. The molecule has 2 amide bonds. The summed E-state index contributed by atoms with van der Waals surface area (Å²) in [4.78, 5) is 32.6. The van der Waals surface area contributed by atoms with E-state index in [1.807, 2.05) is 38.1 Å². The minimum atomic E-state index is -0.665. The lowest BCUT2D eigenvalue weighted by Gasteiger charge is -2.42. The van der Waals surface area contributed by atoms with Crippen LogP contribution < -0.4 is 5.32 Å². The first kappa shape index (κ1) is 22.7. The van der Waals surface area contributed by atoms with Gasteiger partial charge in [-0.25, -0.2) is 0 Å². The molecule has 33 heavy (non-hydrogen) atoms. The third-order valence-electron chi connectivity index (χ3n) is 6.25. The van der Waals surface area contributed by atoms with E-state index in [0.29, 0.717) is 25.2 Å². The summed E-state index contributed by atoms with van der Waals surface area (Å²) in [5.41, 5.74) is 3.17. The maximum absolute atomic E-state index is 13.5. The largest absolute Gasteiger partial charge is 0.353 e. The Morgan fingerprint density at radius 1 is 0.970 bits per heavy atom. The Labute approximate surface area is 195 Å². The Bertz CT molecular complexity index is 1080. The lowest BCUT2D eigenvalue weighted by Crippen LogP contribution is -2.55. The van der Waals surface area contributed by atoms with Crippen LogP contribution in [0.2, 0.25) is 0 Å². The Morgan fingerprint density at radius 2 is 1.67 bits per heavy atom. The minimum absolute atomic E-state index is 0.0168. The van der Waals surface area contributed by atoms with Crippen LogP contribution in [0.5, 0.6) is 0 Å². The number of piperidine rings is 1. The number of carbonyl (C=O) groups excluding carboxylic acids is 2. The summed E-state index contributed by atoms with van der Waals surface area (Å²) in [6.45, 7) is 4.97. The van der Waals surface area contributed by atoms with Gasteiger partial charge in [-0.15, -0.1) is 0 Å². The number of nitrogens with one attached hydrogen (secondary N) is 1. The maximum Gasteiger partial charge on any atom is 0.272 e. The summed E-state index contributed by atoms with van der Waals surface area (Å²) in [6, 6.07) is 24.1. The molecule has 1 atom stereocenters. The number of hydrogen-bond acceptors (Lipinski definition) is 3. The SMILES string of the molecule is CC(C)NC(=O)[C@@]1(Cc2ccc(-c3ccccc3)cc2)CCCN(C(=O)c2ccccn2)C1. The normalized spacial score (nSPS) is 18.2. The van der Waals surface area contributed by atoms with E-state index in [9.17, 15) is 9.59 Å². The Morgan fingerprint density at radius 3 is 2.33 bits per heavy atom. The van der Waals surface area contributed by atoms with Crippen molar-refractivity contribution in [3.63, 3.8) is 0 Å². The van der Waals surface area contributed by atoms with E-state index in [0.717, 1.165) is 24.0 Å². The van der Waals surface area contributed by atoms with Gasteiger partial charge in [0.2, 0.25) is 5.91 Å². The summed E-state index contributed by atoms with van der Waals surface area (Å²) in [5, 5.41) is 3.12. The Kier molecular flexibility index (Phi) is 6.87. The van der Waals surface area contributed by atoms with Crippen LogP contribution in [0.4, 0.5) is 0 Å². The molecule has 0 aliphatic carbocycles. The fraction of sp³-hybridized carbons (Fsp3) is 0.321. The minimum Gasteiger partial charge on any atom is -0.353 e. The zero-order valence-electron chi connectivity index (χ0n) is 19.3. The molecule has 1 fully saturated rings. The van der Waals surface area contributed by atoms with Crippen molar-refractivity contribution in [3.8, 4) is 11.1 Å². The average molecular weight is 442 g/mol. The monoisotopic (exact) mass is 441 g/mol. The highest BCUT2D eigenvalue weighted by Gasteiger charge is 2.44. The molecular weight excluding hydrogens is 410 g/mol. The molecule has 4 rings (SSSR count). The predicted molar refractivity (Wildman–Crippen MR) is 131 cm³/mol. The average Bonchev–Trinajstić information content (AvgIpc) is 2.85. The zero-order valence-corrected chi connectivity index (χ0v) is 19.3. The van der Waals surface area contributed by atoms with Crippen molar-refractivity contribution in [2.75, 3.05) is 13.1 Å². The van der Waals surface area contributed by atoms with Gasteiger partial charge in [-0.1, -0.05) is 60.7 Å². The number of aromatic nitrogens is 1. The molecule has 0 radical (unpaired) electrons. The molecule has 1 aliphatic heterocycles. The molecule has 3 aromatic rings. The van der Waals surface area contributed by atoms with E-state index >= 15 is 0 Å². The van der Waals surface area contributed by atoms with Crippen molar-refractivity contribution < 1.29 is 9.59 Å². The van der Waals surface area contributed by atoms with Gasteiger partial charge < -0.3 is 10.2 Å². The molecule has 0 spiro atoms. The lowest BCUT2D eigenvalue weighted by atomic mass is 9.74. The van der Waals surface area contributed by atoms with Crippen molar-refractivity contribution in [1.29, 1.82) is 0 Å². The van der Waals surface area contributed by atoms with E-state index in [1.54, 1.807) is 23.2 Å². The van der Waals surface area contributed by atoms with Crippen LogP contribution in [0.3, 0.4) is 0 Å². The molecule has 5 heteroatoms. The summed E-state index contributed by atoms with van der Waals surface area (Å²) in [5.74, 6) is -0.0976. The molecule has 5 nitrogen and oxygen atoms in total. The van der Waals surface area contributed by atoms with E-state index in [2.05, 4.69) is 46.7 Å². The van der Waals surface area contributed by atoms with Crippen molar-refractivity contribution in [1.82, 2.24) is 15.2 Å². The van der Waals surface area contributed by atoms with Crippen LogP contribution in [0.1, 0.15) is 42.7 Å². The van der Waals surface area contributed by atoms with E-state index in [1.165, 1.54) is 5.56 Å². The first-order chi connectivity index (χ1) is 16.0. The number of rotatable bonds is 6. The van der Waals surface area contributed by atoms with Gasteiger partial charge in [-0.3, -0.25) is 14.6 Å². The van der Waals surface area contributed by atoms with Gasteiger partial charge in [-0.2, -0.15) is 0 Å². The summed E-state index contributed by atoms with van der Waals surface area (Å²) >= 11 is 0. The van der Waals surface area contributed by atoms with E-state index < -0.39 is 5.41 Å². The molecule has 170 valence electrons. The molecule has 1 N–H and O–H groups in total. The quantitative estimate of drug-likeness (QED) is 0.601. The smallest absolute Gasteiger partial charge is 0.272 e. The Balaban J connectivity index is 1.59. The van der Waals surface area contributed by atoms with Gasteiger partial charge in [0.1, 0.15) is 5.69 Å². The van der Waals surface area contributed by atoms with Crippen LogP contribution in [-0.4, -0.2) is 40.8 Å². The molecule has 0 saturated carbocycles. The molecular formula is C28H31N3O2. The van der Waals surface area contributed by atoms with E-state index in [4.69, 9.17) is 0 Å². The highest BCUT2D eigenvalue weighted by atomic mass is 16.2. The second-order valence-corrected chi connectivity index (χ2v) is 9.19. The number of hydrogen-bond donors (Lipinski definition) is 1. The van der Waals surface area contributed by atoms with Crippen LogP contribution in [0, 0.1) is 5.41 Å². The second-order valence-electron chi connectivity index (χ2n) is 9.19. The number of pyridine rings is 1. The predicted octanol–water partition coefficient (Wildman–Crippen LogP) is 4.74.